The van der Waals surface area contributed by atoms with Crippen LogP contribution in [0.25, 0.3) is 0 Å². The zero-order valence-corrected chi connectivity index (χ0v) is 9.96. The number of aliphatic carboxylic acids is 1. The minimum absolute atomic E-state index is 0.107. The number of carboxylic acid groups (broad SMARTS) is 1. The summed E-state index contributed by atoms with van der Waals surface area (Å²) in [7, 11) is -1.06. The SMILES string of the molecule is CC(C(=O)O)C(C)S(=O)C1CCOCC1. The van der Waals surface area contributed by atoms with E-state index in [4.69, 9.17) is 9.84 Å². The van der Waals surface area contributed by atoms with Crippen molar-refractivity contribution in [2.45, 2.75) is 37.2 Å². The van der Waals surface area contributed by atoms with Gasteiger partial charge in [-0.1, -0.05) is 6.92 Å². The predicted molar refractivity (Wildman–Crippen MR) is 58.2 cm³/mol. The Bertz CT molecular complexity index is 248. The van der Waals surface area contributed by atoms with Crippen molar-refractivity contribution in [1.29, 1.82) is 0 Å². The van der Waals surface area contributed by atoms with Crippen LogP contribution in [0.5, 0.6) is 0 Å². The molecule has 88 valence electrons. The van der Waals surface area contributed by atoms with Crippen LogP contribution in [0, 0.1) is 5.92 Å². The Morgan fingerprint density at radius 2 is 1.93 bits per heavy atom. The lowest BCUT2D eigenvalue weighted by Crippen LogP contribution is -2.35. The first kappa shape index (κ1) is 12.6. The van der Waals surface area contributed by atoms with E-state index in [0.29, 0.717) is 13.2 Å². The maximum atomic E-state index is 12.0. The number of hydrogen-bond donors (Lipinski definition) is 1. The molecule has 3 atom stereocenters. The average molecular weight is 234 g/mol. The highest BCUT2D eigenvalue weighted by molar-refractivity contribution is 7.86. The molecule has 0 aromatic rings. The van der Waals surface area contributed by atoms with E-state index in [1.165, 1.54) is 0 Å². The maximum absolute atomic E-state index is 12.0. The highest BCUT2D eigenvalue weighted by Crippen LogP contribution is 2.20. The van der Waals surface area contributed by atoms with Crippen LogP contribution in [0.2, 0.25) is 0 Å². The van der Waals surface area contributed by atoms with Gasteiger partial charge in [-0.25, -0.2) is 0 Å². The largest absolute Gasteiger partial charge is 0.481 e. The predicted octanol–water partition coefficient (Wildman–Crippen LogP) is 1.02. The Morgan fingerprint density at radius 3 is 2.40 bits per heavy atom. The Balaban J connectivity index is 2.54. The highest BCUT2D eigenvalue weighted by Gasteiger charge is 2.30. The van der Waals surface area contributed by atoms with E-state index in [1.54, 1.807) is 13.8 Å². The quantitative estimate of drug-likeness (QED) is 0.789. The summed E-state index contributed by atoms with van der Waals surface area (Å²) >= 11 is 0. The standard InChI is InChI=1S/C10H18O4S/c1-7(10(11)12)8(2)15(13)9-3-5-14-6-4-9/h7-9H,3-6H2,1-2H3,(H,11,12). The number of ether oxygens (including phenoxy) is 1. The smallest absolute Gasteiger partial charge is 0.307 e. The Kier molecular flexibility index (Phi) is 4.73. The number of carboxylic acids is 1. The topological polar surface area (TPSA) is 63.6 Å². The van der Waals surface area contributed by atoms with Crippen molar-refractivity contribution < 1.29 is 18.8 Å². The summed E-state index contributed by atoms with van der Waals surface area (Å²) in [4.78, 5) is 10.8. The van der Waals surface area contributed by atoms with Crippen molar-refractivity contribution in [3.05, 3.63) is 0 Å². The third kappa shape index (κ3) is 3.28. The molecular formula is C10H18O4S. The molecule has 0 amide bonds. The fraction of sp³-hybridized carbons (Fsp3) is 0.900. The van der Waals surface area contributed by atoms with Gasteiger partial charge in [-0.2, -0.15) is 0 Å². The van der Waals surface area contributed by atoms with E-state index < -0.39 is 22.7 Å². The van der Waals surface area contributed by atoms with Crippen molar-refractivity contribution in [3.8, 4) is 0 Å². The molecule has 1 saturated heterocycles. The summed E-state index contributed by atoms with van der Waals surface area (Å²) in [6, 6.07) is 0. The van der Waals surface area contributed by atoms with E-state index in [2.05, 4.69) is 0 Å². The van der Waals surface area contributed by atoms with Crippen LogP contribution in [0.4, 0.5) is 0 Å². The third-order valence-corrected chi connectivity index (χ3v) is 5.23. The maximum Gasteiger partial charge on any atom is 0.307 e. The second-order valence-corrected chi connectivity index (χ2v) is 6.04. The molecular weight excluding hydrogens is 216 g/mol. The molecule has 3 unspecified atom stereocenters. The van der Waals surface area contributed by atoms with E-state index in [1.807, 2.05) is 0 Å². The van der Waals surface area contributed by atoms with E-state index >= 15 is 0 Å². The monoisotopic (exact) mass is 234 g/mol. The van der Waals surface area contributed by atoms with Crippen molar-refractivity contribution in [2.24, 2.45) is 5.92 Å². The van der Waals surface area contributed by atoms with Crippen molar-refractivity contribution in [2.75, 3.05) is 13.2 Å². The zero-order valence-electron chi connectivity index (χ0n) is 9.14. The van der Waals surface area contributed by atoms with Crippen LogP contribution in [-0.4, -0.2) is 39.0 Å². The molecule has 0 aromatic carbocycles. The molecule has 0 aromatic heterocycles. The molecule has 0 aliphatic carbocycles. The second kappa shape index (κ2) is 5.61. The van der Waals surface area contributed by atoms with Crippen LogP contribution in [0.3, 0.4) is 0 Å². The van der Waals surface area contributed by atoms with Crippen LogP contribution >= 0.6 is 0 Å². The van der Waals surface area contributed by atoms with E-state index in [0.717, 1.165) is 12.8 Å². The molecule has 15 heavy (non-hydrogen) atoms. The normalized spacial score (nSPS) is 24.4. The molecule has 4 nitrogen and oxygen atoms in total. The summed E-state index contributed by atoms with van der Waals surface area (Å²) < 4.78 is 17.2. The Morgan fingerprint density at radius 1 is 1.40 bits per heavy atom. The summed E-state index contributed by atoms with van der Waals surface area (Å²) in [5.41, 5.74) is 0. The lowest BCUT2D eigenvalue weighted by atomic mass is 10.1. The molecule has 1 N–H and O–H groups in total. The molecule has 1 aliphatic rings. The fourth-order valence-corrected chi connectivity index (χ4v) is 3.40. The van der Waals surface area contributed by atoms with Gasteiger partial charge in [0.15, 0.2) is 0 Å². The number of carbonyl (C=O) groups is 1. The van der Waals surface area contributed by atoms with E-state index in [9.17, 15) is 9.00 Å². The molecule has 1 fully saturated rings. The van der Waals surface area contributed by atoms with Gasteiger partial charge < -0.3 is 9.84 Å². The first-order chi connectivity index (χ1) is 7.04. The number of hydrogen-bond acceptors (Lipinski definition) is 3. The first-order valence-corrected chi connectivity index (χ1v) is 6.51. The van der Waals surface area contributed by atoms with Gasteiger partial charge in [-0.05, 0) is 19.8 Å². The molecule has 0 spiro atoms. The van der Waals surface area contributed by atoms with Crippen molar-refractivity contribution >= 4 is 16.8 Å². The molecule has 1 rings (SSSR count). The summed E-state index contributed by atoms with van der Waals surface area (Å²) in [6.45, 7) is 4.66. The van der Waals surface area contributed by atoms with Crippen molar-refractivity contribution in [3.63, 3.8) is 0 Å². The van der Waals surface area contributed by atoms with Gasteiger partial charge in [0.05, 0.1) is 5.92 Å². The van der Waals surface area contributed by atoms with Crippen LogP contribution in [-0.2, 0) is 20.3 Å². The van der Waals surface area contributed by atoms with Gasteiger partial charge in [-0.15, -0.1) is 0 Å². The van der Waals surface area contributed by atoms with Crippen LogP contribution < -0.4 is 0 Å². The van der Waals surface area contributed by atoms with Gasteiger partial charge in [0.1, 0.15) is 0 Å². The van der Waals surface area contributed by atoms with E-state index in [-0.39, 0.29) is 10.5 Å². The van der Waals surface area contributed by atoms with Gasteiger partial charge in [-0.3, -0.25) is 9.00 Å². The fourth-order valence-electron chi connectivity index (χ4n) is 1.61. The van der Waals surface area contributed by atoms with Crippen LogP contribution in [0.1, 0.15) is 26.7 Å². The lowest BCUT2D eigenvalue weighted by Gasteiger charge is -2.26. The Hall–Kier alpha value is -0.420. The van der Waals surface area contributed by atoms with Crippen LogP contribution in [0.15, 0.2) is 0 Å². The van der Waals surface area contributed by atoms with Gasteiger partial charge >= 0.3 is 5.97 Å². The van der Waals surface area contributed by atoms with Crippen molar-refractivity contribution in [1.82, 2.24) is 0 Å². The van der Waals surface area contributed by atoms with Gasteiger partial charge in [0.2, 0.25) is 0 Å². The zero-order chi connectivity index (χ0) is 11.4. The molecule has 0 radical (unpaired) electrons. The summed E-state index contributed by atoms with van der Waals surface area (Å²) in [5.74, 6) is -1.42. The lowest BCUT2D eigenvalue weighted by molar-refractivity contribution is -0.141. The number of rotatable bonds is 4. The minimum Gasteiger partial charge on any atom is -0.481 e. The minimum atomic E-state index is -1.06. The van der Waals surface area contributed by atoms with Gasteiger partial charge in [0.25, 0.3) is 0 Å². The molecule has 1 aliphatic heterocycles. The van der Waals surface area contributed by atoms with Gasteiger partial charge in [0, 0.05) is 34.5 Å². The summed E-state index contributed by atoms with van der Waals surface area (Å²) in [6.07, 6.45) is 1.56. The average Bonchev–Trinajstić information content (AvgIpc) is 2.27. The Labute approximate surface area is 92.5 Å². The highest BCUT2D eigenvalue weighted by atomic mass is 32.2. The first-order valence-electron chi connectivity index (χ1n) is 5.24. The summed E-state index contributed by atoms with van der Waals surface area (Å²) in [5, 5.41) is 8.66. The second-order valence-electron chi connectivity index (χ2n) is 3.97. The molecule has 0 bridgehead atoms. The third-order valence-electron chi connectivity index (χ3n) is 2.96. The molecule has 0 saturated carbocycles. The molecule has 5 heteroatoms. The molecule has 1 heterocycles.